The van der Waals surface area contributed by atoms with Crippen molar-refractivity contribution in [3.63, 3.8) is 0 Å². The maximum absolute atomic E-state index is 12.2. The second kappa shape index (κ2) is 7.22. The van der Waals surface area contributed by atoms with Crippen LogP contribution in [0.4, 0.5) is 5.82 Å². The number of ether oxygens (including phenoxy) is 1. The zero-order chi connectivity index (χ0) is 20.7. The molecule has 0 atom stereocenters. The highest BCUT2D eigenvalue weighted by atomic mass is 16.5. The summed E-state index contributed by atoms with van der Waals surface area (Å²) in [5.74, 6) is 1.36. The molecule has 0 aliphatic carbocycles. The van der Waals surface area contributed by atoms with E-state index in [1.54, 1.807) is 13.3 Å². The molecule has 150 valence electrons. The van der Waals surface area contributed by atoms with Crippen LogP contribution in [-0.2, 0) is 13.0 Å². The van der Waals surface area contributed by atoms with Crippen molar-refractivity contribution in [2.45, 2.75) is 19.9 Å². The van der Waals surface area contributed by atoms with Crippen LogP contribution in [0.25, 0.3) is 16.8 Å². The van der Waals surface area contributed by atoms with Crippen molar-refractivity contribution in [3.8, 4) is 17.0 Å². The zero-order valence-electron chi connectivity index (χ0n) is 16.7. The SMILES string of the molecule is COc1cc(-c2cnc3c(c2)CN(c2nn4c(=O)ccnc4cc2C)CC3)ccn1. The topological polar surface area (TPSA) is 85.5 Å². The average molecular weight is 400 g/mol. The highest BCUT2D eigenvalue weighted by Crippen LogP contribution is 2.28. The Labute approximate surface area is 172 Å². The molecular weight excluding hydrogens is 380 g/mol. The third-order valence-corrected chi connectivity index (χ3v) is 5.36. The number of hydrogen-bond donors (Lipinski definition) is 0. The third kappa shape index (κ3) is 3.16. The van der Waals surface area contributed by atoms with Crippen molar-refractivity contribution in [2.75, 3.05) is 18.6 Å². The Kier molecular flexibility index (Phi) is 4.39. The minimum absolute atomic E-state index is 0.186. The van der Waals surface area contributed by atoms with Gasteiger partial charge in [-0.2, -0.15) is 4.52 Å². The van der Waals surface area contributed by atoms with Gasteiger partial charge in [0, 0.05) is 61.5 Å². The van der Waals surface area contributed by atoms with Gasteiger partial charge < -0.3 is 9.64 Å². The molecule has 0 fully saturated rings. The summed E-state index contributed by atoms with van der Waals surface area (Å²) < 4.78 is 6.60. The van der Waals surface area contributed by atoms with E-state index in [1.165, 1.54) is 16.8 Å². The van der Waals surface area contributed by atoms with Crippen LogP contribution in [0.1, 0.15) is 16.8 Å². The van der Waals surface area contributed by atoms with Crippen LogP contribution in [-0.4, -0.2) is 38.2 Å². The molecule has 8 nitrogen and oxygen atoms in total. The molecule has 0 bridgehead atoms. The predicted octanol–water partition coefficient (Wildman–Crippen LogP) is 2.43. The van der Waals surface area contributed by atoms with E-state index in [-0.39, 0.29) is 5.56 Å². The lowest BCUT2D eigenvalue weighted by molar-refractivity contribution is 0.398. The van der Waals surface area contributed by atoms with Gasteiger partial charge in [0.05, 0.1) is 7.11 Å². The molecule has 0 radical (unpaired) electrons. The minimum atomic E-state index is -0.186. The maximum Gasteiger partial charge on any atom is 0.274 e. The molecule has 1 aliphatic rings. The summed E-state index contributed by atoms with van der Waals surface area (Å²) in [6, 6.07) is 9.33. The number of anilines is 1. The van der Waals surface area contributed by atoms with Gasteiger partial charge in [-0.3, -0.25) is 9.78 Å². The van der Waals surface area contributed by atoms with E-state index in [0.717, 1.165) is 46.7 Å². The van der Waals surface area contributed by atoms with E-state index < -0.39 is 0 Å². The molecule has 0 amide bonds. The van der Waals surface area contributed by atoms with Gasteiger partial charge in [-0.25, -0.2) is 9.97 Å². The van der Waals surface area contributed by atoms with Gasteiger partial charge in [-0.1, -0.05) is 0 Å². The smallest absolute Gasteiger partial charge is 0.274 e. The first-order chi connectivity index (χ1) is 14.6. The Morgan fingerprint density at radius 2 is 1.90 bits per heavy atom. The van der Waals surface area contributed by atoms with Crippen LogP contribution in [0.3, 0.4) is 0 Å². The van der Waals surface area contributed by atoms with E-state index >= 15 is 0 Å². The second-order valence-electron chi connectivity index (χ2n) is 7.29. The van der Waals surface area contributed by atoms with Crippen LogP contribution >= 0.6 is 0 Å². The van der Waals surface area contributed by atoms with Gasteiger partial charge in [-0.15, -0.1) is 5.10 Å². The first-order valence-electron chi connectivity index (χ1n) is 9.71. The summed E-state index contributed by atoms with van der Waals surface area (Å²) in [5, 5.41) is 4.60. The molecule has 5 heterocycles. The molecule has 0 spiro atoms. The van der Waals surface area contributed by atoms with Gasteiger partial charge in [0.1, 0.15) is 0 Å². The highest BCUT2D eigenvalue weighted by molar-refractivity contribution is 5.65. The second-order valence-corrected chi connectivity index (χ2v) is 7.29. The fourth-order valence-electron chi connectivity index (χ4n) is 3.82. The number of rotatable bonds is 3. The Hall–Kier alpha value is -3.81. The van der Waals surface area contributed by atoms with Gasteiger partial charge in [0.25, 0.3) is 5.56 Å². The summed E-state index contributed by atoms with van der Waals surface area (Å²) >= 11 is 0. The van der Waals surface area contributed by atoms with Gasteiger partial charge in [0.15, 0.2) is 11.5 Å². The quantitative estimate of drug-likeness (QED) is 0.522. The molecule has 0 N–H and O–H groups in total. The molecule has 8 heteroatoms. The molecule has 0 unspecified atom stereocenters. The lowest BCUT2D eigenvalue weighted by Gasteiger charge is -2.30. The number of aromatic nitrogens is 5. The van der Waals surface area contributed by atoms with Crippen molar-refractivity contribution in [3.05, 3.63) is 76.1 Å². The summed E-state index contributed by atoms with van der Waals surface area (Å²) in [4.78, 5) is 27.5. The van der Waals surface area contributed by atoms with Crippen molar-refractivity contribution < 1.29 is 4.74 Å². The van der Waals surface area contributed by atoms with Crippen molar-refractivity contribution in [2.24, 2.45) is 0 Å². The van der Waals surface area contributed by atoms with E-state index in [1.807, 2.05) is 31.3 Å². The number of methoxy groups -OCH3 is 1. The van der Waals surface area contributed by atoms with Crippen LogP contribution < -0.4 is 15.2 Å². The molecule has 1 aliphatic heterocycles. The standard InChI is InChI=1S/C22H20N6O2/c1-14-9-19-23-7-4-21(29)28(19)26-22(14)27-8-5-18-17(13-27)10-16(12-25-18)15-3-6-24-20(11-15)30-2/h3-4,6-7,9-12H,5,8,13H2,1-2H3. The summed E-state index contributed by atoms with van der Waals surface area (Å²) in [6.07, 6.45) is 5.95. The number of fused-ring (bicyclic) bond motifs is 2. The highest BCUT2D eigenvalue weighted by Gasteiger charge is 2.21. The fraction of sp³-hybridized carbons (Fsp3) is 0.227. The molecule has 0 saturated carbocycles. The van der Waals surface area contributed by atoms with Gasteiger partial charge in [-0.05, 0) is 41.8 Å². The molecule has 0 saturated heterocycles. The van der Waals surface area contributed by atoms with Gasteiger partial charge >= 0.3 is 0 Å². The lowest BCUT2D eigenvalue weighted by atomic mass is 10.0. The molecule has 0 aromatic carbocycles. The van der Waals surface area contributed by atoms with Crippen LogP contribution in [0.15, 0.2) is 53.7 Å². The maximum atomic E-state index is 12.2. The molecule has 5 rings (SSSR count). The Bertz CT molecular complexity index is 1320. The summed E-state index contributed by atoms with van der Waals surface area (Å²) in [7, 11) is 1.61. The Balaban J connectivity index is 1.51. The molecular formula is C22H20N6O2. The number of nitrogens with zero attached hydrogens (tertiary/aromatic N) is 6. The predicted molar refractivity (Wildman–Crippen MR) is 113 cm³/mol. The lowest BCUT2D eigenvalue weighted by Crippen LogP contribution is -2.33. The average Bonchev–Trinajstić information content (AvgIpc) is 2.78. The van der Waals surface area contributed by atoms with Crippen LogP contribution in [0.5, 0.6) is 5.88 Å². The normalized spacial score (nSPS) is 13.3. The van der Waals surface area contributed by atoms with Crippen LogP contribution in [0.2, 0.25) is 0 Å². The fourth-order valence-corrected chi connectivity index (χ4v) is 3.82. The van der Waals surface area contributed by atoms with Crippen molar-refractivity contribution in [1.82, 2.24) is 24.6 Å². The van der Waals surface area contributed by atoms with Gasteiger partial charge in [0.2, 0.25) is 5.88 Å². The Morgan fingerprint density at radius 3 is 2.77 bits per heavy atom. The summed E-state index contributed by atoms with van der Waals surface area (Å²) in [5.41, 5.74) is 5.61. The van der Waals surface area contributed by atoms with E-state index in [9.17, 15) is 4.79 Å². The number of pyridine rings is 2. The number of aryl methyl sites for hydroxylation is 1. The largest absolute Gasteiger partial charge is 0.481 e. The van der Waals surface area contributed by atoms with E-state index in [2.05, 4.69) is 26.0 Å². The summed E-state index contributed by atoms with van der Waals surface area (Å²) in [6.45, 7) is 3.46. The number of hydrogen-bond acceptors (Lipinski definition) is 7. The molecule has 4 aromatic rings. The first-order valence-corrected chi connectivity index (χ1v) is 9.71. The Morgan fingerprint density at radius 1 is 1.03 bits per heavy atom. The first kappa shape index (κ1) is 18.2. The van der Waals surface area contributed by atoms with Crippen molar-refractivity contribution >= 4 is 11.5 Å². The zero-order valence-corrected chi connectivity index (χ0v) is 16.7. The molecule has 30 heavy (non-hydrogen) atoms. The van der Waals surface area contributed by atoms with E-state index in [4.69, 9.17) is 9.72 Å². The van der Waals surface area contributed by atoms with Crippen molar-refractivity contribution in [1.29, 1.82) is 0 Å². The molecule has 4 aromatic heterocycles. The van der Waals surface area contributed by atoms with E-state index in [0.29, 0.717) is 18.1 Å². The third-order valence-electron chi connectivity index (χ3n) is 5.36. The monoisotopic (exact) mass is 400 g/mol. The minimum Gasteiger partial charge on any atom is -0.481 e. The van der Waals surface area contributed by atoms with Crippen LogP contribution in [0, 0.1) is 6.92 Å².